The van der Waals surface area contributed by atoms with Crippen LogP contribution in [0.5, 0.6) is 11.6 Å². The molecule has 0 spiro atoms. The van der Waals surface area contributed by atoms with Gasteiger partial charge in [-0.25, -0.2) is 4.98 Å². The summed E-state index contributed by atoms with van der Waals surface area (Å²) in [6.45, 7) is 0. The standard InChI is InChI=1S/C17H10F3NO2/c18-17(19,20)13-5-7-14(8-6-13)23-16-12(10-22)9-11-3-1-2-4-15(11)21-16/h1-10H. The number of halogens is 3. The lowest BCUT2D eigenvalue weighted by molar-refractivity contribution is -0.137. The van der Waals surface area contributed by atoms with Crippen molar-refractivity contribution in [1.29, 1.82) is 0 Å². The zero-order valence-electron chi connectivity index (χ0n) is 11.7. The number of alkyl halides is 3. The van der Waals surface area contributed by atoms with Gasteiger partial charge in [-0.3, -0.25) is 4.79 Å². The molecule has 0 amide bonds. The number of carbonyl (C=O) groups excluding carboxylic acids is 1. The summed E-state index contributed by atoms with van der Waals surface area (Å²) in [5.74, 6) is 0.224. The van der Waals surface area contributed by atoms with Crippen molar-refractivity contribution in [2.45, 2.75) is 6.18 Å². The van der Waals surface area contributed by atoms with Gasteiger partial charge in [0, 0.05) is 5.39 Å². The highest BCUT2D eigenvalue weighted by molar-refractivity contribution is 5.88. The second kappa shape index (κ2) is 5.72. The van der Waals surface area contributed by atoms with E-state index in [0.29, 0.717) is 11.8 Å². The minimum atomic E-state index is -4.41. The van der Waals surface area contributed by atoms with E-state index in [1.54, 1.807) is 24.3 Å². The fourth-order valence-corrected chi connectivity index (χ4v) is 2.10. The maximum absolute atomic E-state index is 12.5. The van der Waals surface area contributed by atoms with Crippen molar-refractivity contribution < 1.29 is 22.7 Å². The molecule has 0 fully saturated rings. The van der Waals surface area contributed by atoms with E-state index in [9.17, 15) is 18.0 Å². The molecule has 0 aliphatic rings. The fraction of sp³-hybridized carbons (Fsp3) is 0.0588. The molecule has 0 saturated heterocycles. The highest BCUT2D eigenvalue weighted by Crippen LogP contribution is 2.32. The van der Waals surface area contributed by atoms with Crippen LogP contribution in [0.4, 0.5) is 13.2 Å². The molecule has 2 aromatic carbocycles. The van der Waals surface area contributed by atoms with E-state index in [2.05, 4.69) is 4.98 Å². The van der Waals surface area contributed by atoms with E-state index < -0.39 is 11.7 Å². The van der Waals surface area contributed by atoms with Crippen LogP contribution in [0.1, 0.15) is 15.9 Å². The van der Waals surface area contributed by atoms with Crippen molar-refractivity contribution in [3.63, 3.8) is 0 Å². The van der Waals surface area contributed by atoms with Crippen LogP contribution in [-0.4, -0.2) is 11.3 Å². The van der Waals surface area contributed by atoms with Crippen molar-refractivity contribution in [3.05, 3.63) is 65.7 Å². The van der Waals surface area contributed by atoms with Crippen molar-refractivity contribution in [2.75, 3.05) is 0 Å². The Morgan fingerprint density at radius 1 is 1.00 bits per heavy atom. The van der Waals surface area contributed by atoms with Gasteiger partial charge in [-0.2, -0.15) is 13.2 Å². The number of pyridine rings is 1. The van der Waals surface area contributed by atoms with Gasteiger partial charge in [0.1, 0.15) is 5.75 Å². The van der Waals surface area contributed by atoms with E-state index >= 15 is 0 Å². The highest BCUT2D eigenvalue weighted by atomic mass is 19.4. The summed E-state index contributed by atoms with van der Waals surface area (Å²) in [6, 6.07) is 13.0. The molecule has 3 nitrogen and oxygen atoms in total. The largest absolute Gasteiger partial charge is 0.438 e. The van der Waals surface area contributed by atoms with Gasteiger partial charge in [0.15, 0.2) is 6.29 Å². The average molecular weight is 317 g/mol. The van der Waals surface area contributed by atoms with Gasteiger partial charge >= 0.3 is 6.18 Å². The fourth-order valence-electron chi connectivity index (χ4n) is 2.10. The summed E-state index contributed by atoms with van der Waals surface area (Å²) in [5.41, 5.74) is 0.0792. The number of aldehydes is 1. The number of hydrogen-bond acceptors (Lipinski definition) is 3. The van der Waals surface area contributed by atoms with Gasteiger partial charge in [-0.15, -0.1) is 0 Å². The number of ether oxygens (including phenoxy) is 1. The molecule has 0 N–H and O–H groups in total. The SMILES string of the molecule is O=Cc1cc2ccccc2nc1Oc1ccc(C(F)(F)F)cc1. The third-order valence-corrected chi connectivity index (χ3v) is 3.24. The molecule has 3 aromatic rings. The van der Waals surface area contributed by atoms with Gasteiger partial charge < -0.3 is 4.74 Å². The van der Waals surface area contributed by atoms with Crippen molar-refractivity contribution in [3.8, 4) is 11.6 Å². The van der Waals surface area contributed by atoms with Gasteiger partial charge in [-0.1, -0.05) is 18.2 Å². The molecule has 3 rings (SSSR count). The quantitative estimate of drug-likeness (QED) is 0.648. The van der Waals surface area contributed by atoms with Crippen LogP contribution in [0.2, 0.25) is 0 Å². The molecule has 23 heavy (non-hydrogen) atoms. The summed E-state index contributed by atoms with van der Waals surface area (Å²) in [6.07, 6.45) is -3.81. The topological polar surface area (TPSA) is 39.2 Å². The van der Waals surface area contributed by atoms with Gasteiger partial charge in [0.05, 0.1) is 16.6 Å². The number of aromatic nitrogens is 1. The van der Waals surface area contributed by atoms with Crippen LogP contribution in [0.3, 0.4) is 0 Å². The summed E-state index contributed by atoms with van der Waals surface area (Å²) in [7, 11) is 0. The minimum Gasteiger partial charge on any atom is -0.438 e. The zero-order chi connectivity index (χ0) is 16.4. The van der Waals surface area contributed by atoms with Crippen molar-refractivity contribution in [1.82, 2.24) is 4.98 Å². The van der Waals surface area contributed by atoms with Crippen LogP contribution in [0.25, 0.3) is 10.9 Å². The highest BCUT2D eigenvalue weighted by Gasteiger charge is 2.30. The molecule has 0 aliphatic heterocycles. The van der Waals surface area contributed by atoms with Gasteiger partial charge in [0.25, 0.3) is 0 Å². The zero-order valence-corrected chi connectivity index (χ0v) is 11.7. The molecule has 0 aliphatic carbocycles. The Kier molecular flexibility index (Phi) is 3.73. The van der Waals surface area contributed by atoms with E-state index in [1.807, 2.05) is 6.07 Å². The minimum absolute atomic E-state index is 0.0541. The van der Waals surface area contributed by atoms with Crippen LogP contribution >= 0.6 is 0 Å². The molecule has 0 unspecified atom stereocenters. The summed E-state index contributed by atoms with van der Waals surface area (Å²) in [5, 5.41) is 0.773. The maximum atomic E-state index is 12.5. The number of fused-ring (bicyclic) bond motifs is 1. The second-order valence-electron chi connectivity index (χ2n) is 4.82. The first kappa shape index (κ1) is 15.0. The second-order valence-corrected chi connectivity index (χ2v) is 4.82. The van der Waals surface area contributed by atoms with Crippen LogP contribution in [0, 0.1) is 0 Å². The average Bonchev–Trinajstić information content (AvgIpc) is 2.54. The third-order valence-electron chi connectivity index (χ3n) is 3.24. The summed E-state index contributed by atoms with van der Waals surface area (Å²) >= 11 is 0. The normalized spacial score (nSPS) is 11.4. The van der Waals surface area contributed by atoms with E-state index in [1.165, 1.54) is 12.1 Å². The first-order chi connectivity index (χ1) is 11.0. The Morgan fingerprint density at radius 3 is 2.35 bits per heavy atom. The lowest BCUT2D eigenvalue weighted by Crippen LogP contribution is -2.04. The van der Waals surface area contributed by atoms with E-state index in [4.69, 9.17) is 4.74 Å². The molecule has 116 valence electrons. The van der Waals surface area contributed by atoms with Gasteiger partial charge in [0.2, 0.25) is 5.88 Å². The lowest BCUT2D eigenvalue weighted by Gasteiger charge is -2.10. The first-order valence-corrected chi connectivity index (χ1v) is 6.67. The number of hydrogen-bond donors (Lipinski definition) is 0. The lowest BCUT2D eigenvalue weighted by atomic mass is 10.1. The first-order valence-electron chi connectivity index (χ1n) is 6.67. The van der Waals surface area contributed by atoms with Gasteiger partial charge in [-0.05, 0) is 36.4 Å². The molecule has 1 aromatic heterocycles. The molecular weight excluding hydrogens is 307 g/mol. The Morgan fingerprint density at radius 2 is 1.70 bits per heavy atom. The van der Waals surface area contributed by atoms with Crippen LogP contribution < -0.4 is 4.74 Å². The Labute approximate surface area is 129 Å². The monoisotopic (exact) mass is 317 g/mol. The number of carbonyl (C=O) groups is 1. The van der Waals surface area contributed by atoms with E-state index in [-0.39, 0.29) is 17.2 Å². The molecule has 0 saturated carbocycles. The Hall–Kier alpha value is -2.89. The maximum Gasteiger partial charge on any atom is 0.416 e. The number of para-hydroxylation sites is 1. The molecular formula is C17H10F3NO2. The Balaban J connectivity index is 1.96. The number of nitrogens with zero attached hydrogens (tertiary/aromatic N) is 1. The van der Waals surface area contributed by atoms with E-state index in [0.717, 1.165) is 17.5 Å². The molecule has 0 radical (unpaired) electrons. The summed E-state index contributed by atoms with van der Waals surface area (Å²) in [4.78, 5) is 15.4. The number of rotatable bonds is 3. The van der Waals surface area contributed by atoms with Crippen LogP contribution in [0.15, 0.2) is 54.6 Å². The van der Waals surface area contributed by atoms with Crippen LogP contribution in [-0.2, 0) is 6.18 Å². The summed E-state index contributed by atoms with van der Waals surface area (Å²) < 4.78 is 43.1. The molecule has 1 heterocycles. The molecule has 6 heteroatoms. The predicted molar refractivity (Wildman–Crippen MR) is 78.6 cm³/mol. The van der Waals surface area contributed by atoms with Crippen molar-refractivity contribution in [2.24, 2.45) is 0 Å². The smallest absolute Gasteiger partial charge is 0.416 e. The predicted octanol–water partition coefficient (Wildman–Crippen LogP) is 4.86. The molecule has 0 bridgehead atoms. The van der Waals surface area contributed by atoms with Crippen molar-refractivity contribution >= 4 is 17.2 Å². The molecule has 0 atom stereocenters. The number of benzene rings is 2. The Bertz CT molecular complexity index is 858. The third kappa shape index (κ3) is 3.15.